The first kappa shape index (κ1) is 8.86. The van der Waals surface area contributed by atoms with Gasteiger partial charge >= 0.3 is 0 Å². The monoisotopic (exact) mass is 176 g/mol. The summed E-state index contributed by atoms with van der Waals surface area (Å²) in [5, 5.41) is 4.74. The Bertz CT molecular complexity index is 271. The molecule has 0 saturated carbocycles. The smallest absolute Gasteiger partial charge is 0.0442 e. The van der Waals surface area contributed by atoms with Crippen LogP contribution in [0.1, 0.15) is 52.4 Å². The summed E-state index contributed by atoms with van der Waals surface area (Å²) in [6, 6.07) is 0. The van der Waals surface area contributed by atoms with Gasteiger partial charge in [0.2, 0.25) is 0 Å². The van der Waals surface area contributed by atoms with E-state index in [2.05, 4.69) is 13.8 Å². The Kier molecular flexibility index (Phi) is 2.43. The first-order valence-corrected chi connectivity index (χ1v) is 5.46. The quantitative estimate of drug-likeness (QED) is 0.611. The molecule has 0 bridgehead atoms. The Morgan fingerprint density at radius 2 is 2.00 bits per heavy atom. The largest absolute Gasteiger partial charge is 0.257 e. The Morgan fingerprint density at radius 1 is 1.23 bits per heavy atom. The van der Waals surface area contributed by atoms with Crippen LogP contribution < -0.4 is 5.32 Å². The van der Waals surface area contributed by atoms with Gasteiger partial charge in [-0.3, -0.25) is 5.32 Å². The van der Waals surface area contributed by atoms with Crippen molar-refractivity contribution in [2.45, 2.75) is 52.4 Å². The van der Waals surface area contributed by atoms with E-state index < -0.39 is 0 Å². The molecule has 1 aliphatic heterocycles. The van der Waals surface area contributed by atoms with Crippen LogP contribution in [0.25, 0.3) is 0 Å². The molecule has 1 heterocycles. The van der Waals surface area contributed by atoms with Crippen molar-refractivity contribution in [1.82, 2.24) is 5.32 Å². The van der Waals surface area contributed by atoms with Crippen molar-refractivity contribution in [3.05, 3.63) is 22.5 Å². The van der Waals surface area contributed by atoms with Gasteiger partial charge in [0.05, 0.1) is 0 Å². The lowest BCUT2D eigenvalue weighted by atomic mass is 9.93. The third-order valence-corrected chi connectivity index (χ3v) is 3.08. The summed E-state index contributed by atoms with van der Waals surface area (Å²) in [5.41, 5.74) is 5.85. The molecule has 1 nitrogen and oxygen atoms in total. The lowest BCUT2D eigenvalue weighted by Crippen LogP contribution is -2.03. The lowest BCUT2D eigenvalue weighted by molar-refractivity contribution is 0.655. The third-order valence-electron chi connectivity index (χ3n) is 3.08. The molecule has 0 saturated heterocycles. The average Bonchev–Trinajstić information content (AvgIpc) is 2.46. The maximum absolute atomic E-state index is 4.74. The van der Waals surface area contributed by atoms with Gasteiger partial charge in [-0.1, -0.05) is 13.3 Å². The predicted molar refractivity (Wildman–Crippen MR) is 55.2 cm³/mol. The van der Waals surface area contributed by atoms with Crippen LogP contribution in [0, 0.1) is 0 Å². The highest BCUT2D eigenvalue weighted by Gasteiger charge is 2.23. The Labute approximate surface area is 80.9 Å². The molecule has 0 aromatic heterocycles. The number of allylic oxidation sites excluding steroid dienone is 4. The maximum atomic E-state index is 4.74. The standard InChI is InChI=1S/C12H18N/c1-3-6-11-9(2)10-7-4-5-8-12(10)13-11/h3-8H2,1-2H3. The minimum atomic E-state index is 1.17. The van der Waals surface area contributed by atoms with Crippen LogP contribution in [0.3, 0.4) is 0 Å². The highest BCUT2D eigenvalue weighted by Crippen LogP contribution is 2.36. The van der Waals surface area contributed by atoms with Crippen molar-refractivity contribution in [3.63, 3.8) is 0 Å². The summed E-state index contributed by atoms with van der Waals surface area (Å²) in [6.45, 7) is 4.48. The lowest BCUT2D eigenvalue weighted by Gasteiger charge is -2.12. The summed E-state index contributed by atoms with van der Waals surface area (Å²) in [7, 11) is 0. The van der Waals surface area contributed by atoms with E-state index in [1.54, 1.807) is 5.57 Å². The second kappa shape index (κ2) is 3.57. The predicted octanol–water partition coefficient (Wildman–Crippen LogP) is 3.51. The van der Waals surface area contributed by atoms with Crippen LogP contribution in [0.5, 0.6) is 0 Å². The highest BCUT2D eigenvalue weighted by molar-refractivity contribution is 5.44. The van der Waals surface area contributed by atoms with Gasteiger partial charge in [0.25, 0.3) is 0 Å². The Hall–Kier alpha value is -0.720. The molecule has 2 aliphatic rings. The number of nitrogens with zero attached hydrogens (tertiary/aromatic N) is 1. The number of hydrogen-bond acceptors (Lipinski definition) is 0. The minimum absolute atomic E-state index is 1.17. The van der Waals surface area contributed by atoms with Crippen molar-refractivity contribution in [3.8, 4) is 0 Å². The fourth-order valence-electron chi connectivity index (χ4n) is 2.32. The summed E-state index contributed by atoms with van der Waals surface area (Å²) in [6.07, 6.45) is 7.59. The van der Waals surface area contributed by atoms with Crippen LogP contribution in [-0.2, 0) is 0 Å². The molecule has 71 valence electrons. The van der Waals surface area contributed by atoms with Crippen LogP contribution in [0.4, 0.5) is 0 Å². The van der Waals surface area contributed by atoms with Gasteiger partial charge in [-0.2, -0.15) is 0 Å². The van der Waals surface area contributed by atoms with Crippen molar-refractivity contribution in [2.75, 3.05) is 0 Å². The topological polar surface area (TPSA) is 14.1 Å². The van der Waals surface area contributed by atoms with Gasteiger partial charge in [0.1, 0.15) is 0 Å². The fourth-order valence-corrected chi connectivity index (χ4v) is 2.32. The summed E-state index contributed by atoms with van der Waals surface area (Å²) < 4.78 is 0. The zero-order valence-electron chi connectivity index (χ0n) is 8.69. The second-order valence-corrected chi connectivity index (χ2v) is 4.07. The average molecular weight is 176 g/mol. The molecule has 0 atom stereocenters. The van der Waals surface area contributed by atoms with Crippen LogP contribution in [0.2, 0.25) is 0 Å². The Balaban J connectivity index is 2.17. The molecule has 13 heavy (non-hydrogen) atoms. The summed E-state index contributed by atoms with van der Waals surface area (Å²) in [5.74, 6) is 0. The maximum Gasteiger partial charge on any atom is 0.0442 e. The van der Waals surface area contributed by atoms with E-state index in [9.17, 15) is 0 Å². The normalized spacial score (nSPS) is 22.0. The van der Waals surface area contributed by atoms with Crippen LogP contribution in [0.15, 0.2) is 22.5 Å². The fraction of sp³-hybridized carbons (Fsp3) is 0.667. The zero-order chi connectivity index (χ0) is 9.26. The molecule has 0 amide bonds. The molecule has 0 aromatic carbocycles. The first-order valence-electron chi connectivity index (χ1n) is 5.46. The molecule has 0 fully saturated rings. The van der Waals surface area contributed by atoms with Crippen LogP contribution >= 0.6 is 0 Å². The van der Waals surface area contributed by atoms with E-state index in [0.717, 1.165) is 0 Å². The van der Waals surface area contributed by atoms with E-state index >= 15 is 0 Å². The zero-order valence-corrected chi connectivity index (χ0v) is 8.69. The van der Waals surface area contributed by atoms with Gasteiger partial charge < -0.3 is 0 Å². The molecule has 0 aromatic rings. The molecular weight excluding hydrogens is 158 g/mol. The Morgan fingerprint density at radius 3 is 2.69 bits per heavy atom. The number of hydrogen-bond donors (Lipinski definition) is 0. The minimum Gasteiger partial charge on any atom is -0.257 e. The number of rotatable bonds is 2. The molecule has 0 unspecified atom stereocenters. The van der Waals surface area contributed by atoms with E-state index in [0.29, 0.717) is 0 Å². The summed E-state index contributed by atoms with van der Waals surface area (Å²) in [4.78, 5) is 0. The molecule has 2 rings (SSSR count). The summed E-state index contributed by atoms with van der Waals surface area (Å²) >= 11 is 0. The van der Waals surface area contributed by atoms with Crippen molar-refractivity contribution in [2.24, 2.45) is 0 Å². The van der Waals surface area contributed by atoms with E-state index in [1.165, 1.54) is 55.5 Å². The van der Waals surface area contributed by atoms with Gasteiger partial charge in [0.15, 0.2) is 0 Å². The van der Waals surface area contributed by atoms with Crippen molar-refractivity contribution < 1.29 is 0 Å². The molecular formula is C12H18N. The molecule has 0 N–H and O–H groups in total. The first-order chi connectivity index (χ1) is 6.33. The molecule has 1 heteroatoms. The van der Waals surface area contributed by atoms with Gasteiger partial charge in [-0.25, -0.2) is 0 Å². The van der Waals surface area contributed by atoms with E-state index in [-0.39, 0.29) is 0 Å². The van der Waals surface area contributed by atoms with Gasteiger partial charge in [-0.15, -0.1) is 0 Å². The van der Waals surface area contributed by atoms with E-state index in [4.69, 9.17) is 5.32 Å². The second-order valence-electron chi connectivity index (χ2n) is 4.07. The van der Waals surface area contributed by atoms with Crippen molar-refractivity contribution in [1.29, 1.82) is 0 Å². The van der Waals surface area contributed by atoms with E-state index in [1.807, 2.05) is 0 Å². The van der Waals surface area contributed by atoms with Gasteiger partial charge in [0, 0.05) is 11.4 Å². The van der Waals surface area contributed by atoms with Crippen molar-refractivity contribution >= 4 is 0 Å². The SMILES string of the molecule is CCCC1=C(C)C2=C(CCCC2)[N]1. The molecule has 1 aliphatic carbocycles. The molecule has 1 radical (unpaired) electrons. The highest BCUT2D eigenvalue weighted by atomic mass is 14.9. The van der Waals surface area contributed by atoms with Gasteiger partial charge in [-0.05, 0) is 50.2 Å². The van der Waals surface area contributed by atoms with Crippen LogP contribution in [-0.4, -0.2) is 0 Å². The third kappa shape index (κ3) is 1.52. The molecule has 0 spiro atoms.